The lowest BCUT2D eigenvalue weighted by Crippen LogP contribution is -2.08. The highest BCUT2D eigenvalue weighted by atomic mass is 16.5. The predicted molar refractivity (Wildman–Crippen MR) is 48.1 cm³/mol. The van der Waals surface area contributed by atoms with E-state index in [9.17, 15) is 4.79 Å². The van der Waals surface area contributed by atoms with Gasteiger partial charge in [0, 0.05) is 25.2 Å². The number of ether oxygens (including phenoxy) is 1. The first-order valence-electron chi connectivity index (χ1n) is 4.28. The summed E-state index contributed by atoms with van der Waals surface area (Å²) in [4.78, 5) is 11.1. The van der Waals surface area contributed by atoms with Crippen LogP contribution in [-0.4, -0.2) is 36.0 Å². The third-order valence-electron chi connectivity index (χ3n) is 1.44. The van der Waals surface area contributed by atoms with Gasteiger partial charge in [0.05, 0.1) is 6.61 Å². The monoisotopic (exact) mass is 188 g/mol. The molecule has 0 unspecified atom stereocenters. The summed E-state index contributed by atoms with van der Waals surface area (Å²) in [5.74, 6) is -0.387. The zero-order valence-electron chi connectivity index (χ0n) is 7.82. The molecule has 0 atom stereocenters. The standard InChI is InChI=1S/C9H16O4/c1-8(4-2-5-10)9(12)13-7-3-6-11/h4,10-11H,2-3,5-7H2,1H3. The van der Waals surface area contributed by atoms with E-state index in [-0.39, 0.29) is 25.8 Å². The molecule has 0 aliphatic rings. The molecule has 0 saturated heterocycles. The van der Waals surface area contributed by atoms with Crippen molar-refractivity contribution in [1.29, 1.82) is 0 Å². The Morgan fingerprint density at radius 2 is 2.08 bits per heavy atom. The zero-order valence-corrected chi connectivity index (χ0v) is 7.82. The number of aliphatic hydroxyl groups excluding tert-OH is 2. The van der Waals surface area contributed by atoms with E-state index in [1.54, 1.807) is 13.0 Å². The van der Waals surface area contributed by atoms with Crippen LogP contribution in [0.25, 0.3) is 0 Å². The van der Waals surface area contributed by atoms with Crippen molar-refractivity contribution in [3.63, 3.8) is 0 Å². The van der Waals surface area contributed by atoms with Crippen molar-refractivity contribution in [2.45, 2.75) is 19.8 Å². The first-order valence-corrected chi connectivity index (χ1v) is 4.28. The Balaban J connectivity index is 3.69. The van der Waals surface area contributed by atoms with Gasteiger partial charge in [-0.3, -0.25) is 0 Å². The second-order valence-electron chi connectivity index (χ2n) is 2.61. The van der Waals surface area contributed by atoms with E-state index in [1.807, 2.05) is 0 Å². The average molecular weight is 188 g/mol. The fourth-order valence-electron chi connectivity index (χ4n) is 0.708. The van der Waals surface area contributed by atoms with Crippen molar-refractivity contribution < 1.29 is 19.7 Å². The second-order valence-corrected chi connectivity index (χ2v) is 2.61. The van der Waals surface area contributed by atoms with Crippen molar-refractivity contribution in [1.82, 2.24) is 0 Å². The lowest BCUT2D eigenvalue weighted by molar-refractivity contribution is -0.139. The van der Waals surface area contributed by atoms with E-state index in [2.05, 4.69) is 0 Å². The van der Waals surface area contributed by atoms with Gasteiger partial charge in [-0.1, -0.05) is 6.08 Å². The molecule has 0 radical (unpaired) electrons. The SMILES string of the molecule is CC(=CCCO)C(=O)OCCCO. The Hall–Kier alpha value is -0.870. The molecule has 0 bridgehead atoms. The fourth-order valence-corrected chi connectivity index (χ4v) is 0.708. The van der Waals surface area contributed by atoms with Crippen LogP contribution in [0, 0.1) is 0 Å². The van der Waals surface area contributed by atoms with Gasteiger partial charge in [-0.15, -0.1) is 0 Å². The molecule has 0 aliphatic heterocycles. The Morgan fingerprint density at radius 1 is 1.38 bits per heavy atom. The van der Waals surface area contributed by atoms with Gasteiger partial charge in [-0.2, -0.15) is 0 Å². The first kappa shape index (κ1) is 12.1. The Bertz CT molecular complexity index is 174. The molecule has 4 nitrogen and oxygen atoms in total. The largest absolute Gasteiger partial charge is 0.462 e. The van der Waals surface area contributed by atoms with Gasteiger partial charge in [0.1, 0.15) is 0 Å². The van der Waals surface area contributed by atoms with Crippen LogP contribution >= 0.6 is 0 Å². The molecule has 0 saturated carbocycles. The van der Waals surface area contributed by atoms with Gasteiger partial charge >= 0.3 is 5.97 Å². The number of hydrogen-bond donors (Lipinski definition) is 2. The Kier molecular flexibility index (Phi) is 7.24. The highest BCUT2D eigenvalue weighted by Crippen LogP contribution is 1.98. The molecule has 0 aromatic carbocycles. The van der Waals surface area contributed by atoms with Crippen LogP contribution in [0.5, 0.6) is 0 Å². The molecule has 0 aromatic heterocycles. The number of carbonyl (C=O) groups excluding carboxylic acids is 1. The van der Waals surface area contributed by atoms with Crippen molar-refractivity contribution in [3.8, 4) is 0 Å². The van der Waals surface area contributed by atoms with Crippen LogP contribution in [0.3, 0.4) is 0 Å². The average Bonchev–Trinajstić information content (AvgIpc) is 2.14. The molecular formula is C9H16O4. The number of esters is 1. The first-order chi connectivity index (χ1) is 6.22. The van der Waals surface area contributed by atoms with Gasteiger partial charge < -0.3 is 14.9 Å². The smallest absolute Gasteiger partial charge is 0.333 e. The molecule has 2 N–H and O–H groups in total. The fraction of sp³-hybridized carbons (Fsp3) is 0.667. The topological polar surface area (TPSA) is 66.8 Å². The van der Waals surface area contributed by atoms with Crippen molar-refractivity contribution >= 4 is 5.97 Å². The summed E-state index contributed by atoms with van der Waals surface area (Å²) in [6.07, 6.45) is 2.54. The summed E-state index contributed by atoms with van der Waals surface area (Å²) in [6.45, 7) is 1.92. The highest BCUT2D eigenvalue weighted by Gasteiger charge is 2.03. The summed E-state index contributed by atoms with van der Waals surface area (Å²) >= 11 is 0. The molecule has 0 heterocycles. The number of rotatable bonds is 6. The second kappa shape index (κ2) is 7.76. The Labute approximate surface area is 77.8 Å². The molecule has 13 heavy (non-hydrogen) atoms. The minimum absolute atomic E-state index is 0.0205. The van der Waals surface area contributed by atoms with Crippen molar-refractivity contribution in [2.24, 2.45) is 0 Å². The highest BCUT2D eigenvalue weighted by molar-refractivity contribution is 5.87. The summed E-state index contributed by atoms with van der Waals surface area (Å²) in [5, 5.41) is 16.9. The number of aliphatic hydroxyl groups is 2. The third kappa shape index (κ3) is 6.31. The maximum Gasteiger partial charge on any atom is 0.333 e. The lowest BCUT2D eigenvalue weighted by atomic mass is 10.2. The summed E-state index contributed by atoms with van der Waals surface area (Å²) in [7, 11) is 0. The minimum atomic E-state index is -0.387. The van der Waals surface area contributed by atoms with Gasteiger partial charge in [0.15, 0.2) is 0 Å². The van der Waals surface area contributed by atoms with E-state index < -0.39 is 0 Å². The van der Waals surface area contributed by atoms with Gasteiger partial charge in [-0.05, 0) is 13.3 Å². The quantitative estimate of drug-likeness (QED) is 0.356. The van der Waals surface area contributed by atoms with Crippen LogP contribution in [0.4, 0.5) is 0 Å². The molecule has 4 heteroatoms. The van der Waals surface area contributed by atoms with Crippen LogP contribution < -0.4 is 0 Å². The Morgan fingerprint density at radius 3 is 2.62 bits per heavy atom. The molecular weight excluding hydrogens is 172 g/mol. The molecule has 76 valence electrons. The van der Waals surface area contributed by atoms with E-state index >= 15 is 0 Å². The maximum atomic E-state index is 11.1. The third-order valence-corrected chi connectivity index (χ3v) is 1.44. The van der Waals surface area contributed by atoms with Crippen LogP contribution in [0.15, 0.2) is 11.6 Å². The van der Waals surface area contributed by atoms with Gasteiger partial charge in [0.2, 0.25) is 0 Å². The maximum absolute atomic E-state index is 11.1. The normalized spacial score (nSPS) is 11.5. The zero-order chi connectivity index (χ0) is 10.1. The molecule has 0 rings (SSSR count). The van der Waals surface area contributed by atoms with Gasteiger partial charge in [-0.25, -0.2) is 4.79 Å². The summed E-state index contributed by atoms with van der Waals surface area (Å²) < 4.78 is 4.79. The molecule has 0 aliphatic carbocycles. The molecule has 0 aromatic rings. The molecule has 0 amide bonds. The summed E-state index contributed by atoms with van der Waals surface area (Å²) in [5.41, 5.74) is 0.493. The van der Waals surface area contributed by atoms with Crippen molar-refractivity contribution in [2.75, 3.05) is 19.8 Å². The number of carbonyl (C=O) groups is 1. The van der Waals surface area contributed by atoms with Crippen LogP contribution in [-0.2, 0) is 9.53 Å². The van der Waals surface area contributed by atoms with Crippen molar-refractivity contribution in [3.05, 3.63) is 11.6 Å². The molecule has 0 fully saturated rings. The summed E-state index contributed by atoms with van der Waals surface area (Å²) in [6, 6.07) is 0. The van der Waals surface area contributed by atoms with E-state index in [0.717, 1.165) is 0 Å². The lowest BCUT2D eigenvalue weighted by Gasteiger charge is -2.02. The predicted octanol–water partition coefficient (Wildman–Crippen LogP) is 0.241. The van der Waals surface area contributed by atoms with Crippen LogP contribution in [0.1, 0.15) is 19.8 Å². The number of hydrogen-bond acceptors (Lipinski definition) is 4. The van der Waals surface area contributed by atoms with Crippen LogP contribution in [0.2, 0.25) is 0 Å². The van der Waals surface area contributed by atoms with E-state index in [1.165, 1.54) is 0 Å². The molecule has 0 spiro atoms. The van der Waals surface area contributed by atoms with E-state index in [4.69, 9.17) is 14.9 Å². The van der Waals surface area contributed by atoms with Gasteiger partial charge in [0.25, 0.3) is 0 Å². The van der Waals surface area contributed by atoms with E-state index in [0.29, 0.717) is 18.4 Å². The minimum Gasteiger partial charge on any atom is -0.462 e.